The van der Waals surface area contributed by atoms with Crippen molar-refractivity contribution in [2.24, 2.45) is 0 Å². The van der Waals surface area contributed by atoms with Gasteiger partial charge in [-0.25, -0.2) is 0 Å². The molecule has 0 aromatic carbocycles. The summed E-state index contributed by atoms with van der Waals surface area (Å²) in [6.07, 6.45) is 8.95. The smallest absolute Gasteiger partial charge is 0.0865 e. The molecule has 0 aliphatic rings. The Labute approximate surface area is 62.9 Å². The predicted octanol–water partition coefficient (Wildman–Crippen LogP) is 0.631. The maximum absolute atomic E-state index is 5.20. The Kier molecular flexibility index (Phi) is 4.23. The first kappa shape index (κ1) is 8.90. The van der Waals surface area contributed by atoms with Gasteiger partial charge < -0.3 is 10.2 Å². The fourth-order valence-corrected chi connectivity index (χ4v) is 0.439. The molecule has 0 radical (unpaired) electrons. The normalized spacial score (nSPS) is 12.6. The molecule has 0 saturated carbocycles. The van der Waals surface area contributed by atoms with Crippen molar-refractivity contribution in [2.75, 3.05) is 14.1 Å². The van der Waals surface area contributed by atoms with E-state index in [4.69, 9.17) is 6.42 Å². The Morgan fingerprint density at radius 1 is 1.70 bits per heavy atom. The minimum Gasteiger partial charge on any atom is -0.393 e. The predicted molar refractivity (Wildman–Crippen MR) is 44.3 cm³/mol. The van der Waals surface area contributed by atoms with Crippen LogP contribution in [0.5, 0.6) is 0 Å². The topological polar surface area (TPSA) is 15.3 Å². The van der Waals surface area contributed by atoms with Crippen LogP contribution in [0.3, 0.4) is 0 Å². The van der Waals surface area contributed by atoms with Gasteiger partial charge in [0.25, 0.3) is 0 Å². The fourth-order valence-electron chi connectivity index (χ4n) is 0.439. The van der Waals surface area contributed by atoms with Crippen molar-refractivity contribution in [3.05, 3.63) is 12.4 Å². The van der Waals surface area contributed by atoms with Gasteiger partial charge in [0.2, 0.25) is 0 Å². The second kappa shape index (κ2) is 4.75. The zero-order chi connectivity index (χ0) is 7.98. The van der Waals surface area contributed by atoms with Crippen LogP contribution >= 0.6 is 0 Å². The number of hydrogen-bond acceptors (Lipinski definition) is 2. The molecule has 0 amide bonds. The Hall–Kier alpha value is -1.10. The summed E-state index contributed by atoms with van der Waals surface area (Å²) in [6.45, 7) is 1.97. The van der Waals surface area contributed by atoms with Crippen molar-refractivity contribution in [3.8, 4) is 12.3 Å². The molecule has 0 spiro atoms. The van der Waals surface area contributed by atoms with Gasteiger partial charge in [0.1, 0.15) is 0 Å². The average molecular weight is 138 g/mol. The van der Waals surface area contributed by atoms with Crippen LogP contribution in [-0.2, 0) is 0 Å². The van der Waals surface area contributed by atoms with Gasteiger partial charge in [-0.15, -0.1) is 6.42 Å². The number of nitrogens with one attached hydrogen (secondary N) is 1. The molecule has 1 atom stereocenters. The Morgan fingerprint density at radius 3 is 2.70 bits per heavy atom. The Balaban J connectivity index is 3.74. The highest BCUT2D eigenvalue weighted by molar-refractivity contribution is 4.99. The summed E-state index contributed by atoms with van der Waals surface area (Å²) < 4.78 is 0. The molecule has 1 unspecified atom stereocenters. The SMILES string of the molecule is C#CC(C)N(C)/C=C\NC. The van der Waals surface area contributed by atoms with Crippen molar-refractivity contribution < 1.29 is 0 Å². The lowest BCUT2D eigenvalue weighted by atomic mass is 10.3. The average Bonchev–Trinajstić information content (AvgIpc) is 1.98. The summed E-state index contributed by atoms with van der Waals surface area (Å²) in [5, 5.41) is 2.89. The van der Waals surface area contributed by atoms with E-state index in [-0.39, 0.29) is 6.04 Å². The number of hydrogen-bond donors (Lipinski definition) is 1. The molecule has 0 aromatic heterocycles. The van der Waals surface area contributed by atoms with Gasteiger partial charge in [-0.05, 0) is 6.92 Å². The van der Waals surface area contributed by atoms with Crippen LogP contribution in [-0.4, -0.2) is 25.0 Å². The molecule has 0 saturated heterocycles. The highest BCUT2D eigenvalue weighted by atomic mass is 15.1. The number of rotatable bonds is 3. The monoisotopic (exact) mass is 138 g/mol. The van der Waals surface area contributed by atoms with Gasteiger partial charge in [-0.2, -0.15) is 0 Å². The molecule has 2 heteroatoms. The molecule has 0 aliphatic heterocycles. The third kappa shape index (κ3) is 3.03. The van der Waals surface area contributed by atoms with Gasteiger partial charge in [0.05, 0.1) is 6.04 Å². The lowest BCUT2D eigenvalue weighted by molar-refractivity contribution is 0.416. The highest BCUT2D eigenvalue weighted by Crippen LogP contribution is 1.92. The van der Waals surface area contributed by atoms with Crippen LogP contribution in [0, 0.1) is 12.3 Å². The van der Waals surface area contributed by atoms with Crippen molar-refractivity contribution in [1.29, 1.82) is 0 Å². The standard InChI is InChI=1S/C8H14N2/c1-5-8(2)10(4)7-6-9-3/h1,6-9H,2-4H3/b7-6-. The van der Waals surface area contributed by atoms with E-state index in [1.54, 1.807) is 0 Å². The number of terminal acetylenes is 1. The molecular weight excluding hydrogens is 124 g/mol. The molecule has 0 aromatic rings. The maximum atomic E-state index is 5.20. The van der Waals surface area contributed by atoms with Crippen LogP contribution in [0.4, 0.5) is 0 Å². The van der Waals surface area contributed by atoms with E-state index < -0.39 is 0 Å². The van der Waals surface area contributed by atoms with Gasteiger partial charge in [0, 0.05) is 26.5 Å². The molecule has 0 aliphatic carbocycles. The number of nitrogens with zero attached hydrogens (tertiary/aromatic N) is 1. The van der Waals surface area contributed by atoms with Crippen LogP contribution in [0.15, 0.2) is 12.4 Å². The summed E-state index contributed by atoms with van der Waals surface area (Å²) >= 11 is 0. The molecule has 2 nitrogen and oxygen atoms in total. The van der Waals surface area contributed by atoms with Crippen molar-refractivity contribution in [1.82, 2.24) is 10.2 Å². The third-order valence-electron chi connectivity index (χ3n) is 1.33. The molecule has 1 N–H and O–H groups in total. The summed E-state index contributed by atoms with van der Waals surface area (Å²) in [4.78, 5) is 1.95. The van der Waals surface area contributed by atoms with Gasteiger partial charge in [0.15, 0.2) is 0 Å². The van der Waals surface area contributed by atoms with E-state index in [1.807, 2.05) is 38.3 Å². The Morgan fingerprint density at radius 2 is 2.30 bits per heavy atom. The first-order chi connectivity index (χ1) is 4.72. The van der Waals surface area contributed by atoms with E-state index in [2.05, 4.69) is 11.2 Å². The molecular formula is C8H14N2. The lowest BCUT2D eigenvalue weighted by Crippen LogP contribution is -2.22. The lowest BCUT2D eigenvalue weighted by Gasteiger charge is -2.16. The quantitative estimate of drug-likeness (QED) is 0.575. The molecule has 56 valence electrons. The van der Waals surface area contributed by atoms with Crippen molar-refractivity contribution in [3.63, 3.8) is 0 Å². The van der Waals surface area contributed by atoms with Crippen molar-refractivity contribution >= 4 is 0 Å². The minimum absolute atomic E-state index is 0.157. The zero-order valence-electron chi connectivity index (χ0n) is 6.76. The Bertz CT molecular complexity index is 144. The largest absolute Gasteiger partial charge is 0.393 e. The molecule has 0 bridgehead atoms. The fraction of sp³-hybridized carbons (Fsp3) is 0.500. The van der Waals surface area contributed by atoms with E-state index >= 15 is 0 Å². The van der Waals surface area contributed by atoms with E-state index in [0.717, 1.165) is 0 Å². The van der Waals surface area contributed by atoms with E-state index in [1.165, 1.54) is 0 Å². The second-order valence-electron chi connectivity index (χ2n) is 2.11. The van der Waals surface area contributed by atoms with Crippen LogP contribution in [0.2, 0.25) is 0 Å². The molecule has 0 fully saturated rings. The summed E-state index contributed by atoms with van der Waals surface area (Å²) in [6, 6.07) is 0.157. The first-order valence-electron chi connectivity index (χ1n) is 3.24. The van der Waals surface area contributed by atoms with E-state index in [9.17, 15) is 0 Å². The second-order valence-corrected chi connectivity index (χ2v) is 2.11. The first-order valence-corrected chi connectivity index (χ1v) is 3.24. The maximum Gasteiger partial charge on any atom is 0.0865 e. The third-order valence-corrected chi connectivity index (χ3v) is 1.33. The minimum atomic E-state index is 0.157. The van der Waals surface area contributed by atoms with Crippen LogP contribution in [0.25, 0.3) is 0 Å². The van der Waals surface area contributed by atoms with Crippen LogP contribution in [0.1, 0.15) is 6.92 Å². The summed E-state index contributed by atoms with van der Waals surface area (Å²) in [7, 11) is 3.79. The van der Waals surface area contributed by atoms with Gasteiger partial charge in [-0.3, -0.25) is 0 Å². The van der Waals surface area contributed by atoms with Gasteiger partial charge in [-0.1, -0.05) is 5.92 Å². The van der Waals surface area contributed by atoms with Gasteiger partial charge >= 0.3 is 0 Å². The highest BCUT2D eigenvalue weighted by Gasteiger charge is 1.97. The van der Waals surface area contributed by atoms with E-state index in [0.29, 0.717) is 0 Å². The van der Waals surface area contributed by atoms with Crippen molar-refractivity contribution in [2.45, 2.75) is 13.0 Å². The zero-order valence-corrected chi connectivity index (χ0v) is 6.76. The molecule has 0 rings (SSSR count). The molecule has 0 heterocycles. The molecule has 10 heavy (non-hydrogen) atoms. The summed E-state index contributed by atoms with van der Waals surface area (Å²) in [5.74, 6) is 2.62. The summed E-state index contributed by atoms with van der Waals surface area (Å²) in [5.41, 5.74) is 0. The van der Waals surface area contributed by atoms with Crippen LogP contribution < -0.4 is 5.32 Å².